The largest absolute Gasteiger partial charge is 0.481 e. The molecule has 4 N–H and O–H groups in total. The van der Waals surface area contributed by atoms with Crippen molar-refractivity contribution >= 4 is 51.9 Å². The van der Waals surface area contributed by atoms with Gasteiger partial charge in [-0.2, -0.15) is 8.75 Å². The van der Waals surface area contributed by atoms with Gasteiger partial charge in [0, 0.05) is 0 Å². The Morgan fingerprint density at radius 3 is 2.89 bits per heavy atom. The maximum absolute atomic E-state index is 11.8. The average Bonchev–Trinajstić information content (AvgIpc) is 2.80. The van der Waals surface area contributed by atoms with Gasteiger partial charge in [-0.1, -0.05) is 11.6 Å². The maximum Gasteiger partial charge on any atom is 0.305 e. The average molecular weight is 301 g/mol. The number of aliphatic carboxylic acids is 1. The zero-order valence-corrected chi connectivity index (χ0v) is 11.0. The molecule has 2 aromatic rings. The first kappa shape index (κ1) is 13.7. The Morgan fingerprint density at radius 1 is 1.47 bits per heavy atom. The number of nitrogens with one attached hydrogen (secondary N) is 1. The summed E-state index contributed by atoms with van der Waals surface area (Å²) in [5, 5.41) is 11.4. The van der Waals surface area contributed by atoms with Crippen LogP contribution in [0.15, 0.2) is 12.1 Å². The Labute approximate surface area is 116 Å². The number of carbonyl (C=O) groups is 2. The van der Waals surface area contributed by atoms with Gasteiger partial charge in [-0.3, -0.25) is 9.59 Å². The van der Waals surface area contributed by atoms with Crippen LogP contribution in [-0.4, -0.2) is 31.8 Å². The number of anilines is 1. The van der Waals surface area contributed by atoms with E-state index in [1.165, 1.54) is 0 Å². The van der Waals surface area contributed by atoms with Crippen LogP contribution in [-0.2, 0) is 9.59 Å². The number of benzene rings is 1. The van der Waals surface area contributed by atoms with E-state index < -0.39 is 24.3 Å². The number of hydrogen-bond donors (Lipinski definition) is 3. The SMILES string of the molecule is NC(CC(=O)O)C(=O)Nc1c(Cl)ccc2nsnc12. The summed E-state index contributed by atoms with van der Waals surface area (Å²) in [6.07, 6.45) is -0.464. The van der Waals surface area contributed by atoms with Crippen LogP contribution < -0.4 is 11.1 Å². The highest BCUT2D eigenvalue weighted by Crippen LogP contribution is 2.29. The minimum absolute atomic E-state index is 0.288. The van der Waals surface area contributed by atoms with E-state index in [1.54, 1.807) is 12.1 Å². The lowest BCUT2D eigenvalue weighted by Gasteiger charge is -2.11. The fourth-order valence-electron chi connectivity index (χ4n) is 1.44. The van der Waals surface area contributed by atoms with Crippen molar-refractivity contribution in [1.82, 2.24) is 8.75 Å². The molecule has 0 bridgehead atoms. The van der Waals surface area contributed by atoms with Crippen LogP contribution in [0.25, 0.3) is 11.0 Å². The maximum atomic E-state index is 11.8. The topological polar surface area (TPSA) is 118 Å². The van der Waals surface area contributed by atoms with E-state index in [0.29, 0.717) is 16.7 Å². The molecule has 7 nitrogen and oxygen atoms in total. The van der Waals surface area contributed by atoms with E-state index in [4.69, 9.17) is 22.4 Å². The molecule has 0 spiro atoms. The number of rotatable bonds is 4. The van der Waals surface area contributed by atoms with Gasteiger partial charge in [0.2, 0.25) is 5.91 Å². The van der Waals surface area contributed by atoms with Crippen molar-refractivity contribution in [2.75, 3.05) is 5.32 Å². The zero-order chi connectivity index (χ0) is 14.0. The second-order valence-electron chi connectivity index (χ2n) is 3.75. The minimum Gasteiger partial charge on any atom is -0.481 e. The summed E-state index contributed by atoms with van der Waals surface area (Å²) in [7, 11) is 0. The molecule has 0 saturated heterocycles. The number of halogens is 1. The number of aromatic nitrogens is 2. The Kier molecular flexibility index (Phi) is 3.93. The molecular formula is C10H9ClN4O3S. The quantitative estimate of drug-likeness (QED) is 0.777. The Morgan fingerprint density at radius 2 is 2.21 bits per heavy atom. The molecule has 0 saturated carbocycles. The van der Waals surface area contributed by atoms with Crippen LogP contribution in [0.5, 0.6) is 0 Å². The molecule has 1 amide bonds. The second-order valence-corrected chi connectivity index (χ2v) is 4.68. The normalized spacial score (nSPS) is 12.3. The summed E-state index contributed by atoms with van der Waals surface area (Å²) in [5.74, 6) is -1.79. The van der Waals surface area contributed by atoms with Crippen LogP contribution in [0.3, 0.4) is 0 Å². The van der Waals surface area contributed by atoms with E-state index in [1.807, 2.05) is 0 Å². The van der Waals surface area contributed by atoms with Crippen LogP contribution in [0, 0.1) is 0 Å². The molecule has 0 aliphatic carbocycles. The van der Waals surface area contributed by atoms with E-state index in [0.717, 1.165) is 11.7 Å². The number of carbonyl (C=O) groups excluding carboxylic acids is 1. The molecule has 0 aliphatic rings. The van der Waals surface area contributed by atoms with Crippen molar-refractivity contribution in [2.24, 2.45) is 5.73 Å². The van der Waals surface area contributed by atoms with Crippen molar-refractivity contribution in [1.29, 1.82) is 0 Å². The highest BCUT2D eigenvalue weighted by atomic mass is 35.5. The van der Waals surface area contributed by atoms with Gasteiger partial charge in [0.05, 0.1) is 34.9 Å². The molecule has 1 aromatic carbocycles. The Hall–Kier alpha value is -1.77. The highest BCUT2D eigenvalue weighted by molar-refractivity contribution is 7.00. The van der Waals surface area contributed by atoms with Crippen molar-refractivity contribution in [3.8, 4) is 0 Å². The van der Waals surface area contributed by atoms with Crippen molar-refractivity contribution in [3.63, 3.8) is 0 Å². The van der Waals surface area contributed by atoms with Gasteiger partial charge < -0.3 is 16.2 Å². The lowest BCUT2D eigenvalue weighted by Crippen LogP contribution is -2.37. The Balaban J connectivity index is 2.25. The van der Waals surface area contributed by atoms with E-state index in [-0.39, 0.29) is 5.02 Å². The molecule has 0 aliphatic heterocycles. The molecule has 0 radical (unpaired) electrons. The zero-order valence-electron chi connectivity index (χ0n) is 9.46. The van der Waals surface area contributed by atoms with Crippen molar-refractivity contribution in [3.05, 3.63) is 17.2 Å². The molecule has 1 aromatic heterocycles. The second kappa shape index (κ2) is 5.47. The van der Waals surface area contributed by atoms with Gasteiger partial charge in [-0.15, -0.1) is 0 Å². The summed E-state index contributed by atoms with van der Waals surface area (Å²) in [5.41, 5.74) is 6.80. The van der Waals surface area contributed by atoms with Crippen molar-refractivity contribution in [2.45, 2.75) is 12.5 Å². The molecule has 1 heterocycles. The summed E-state index contributed by atoms with van der Waals surface area (Å²) in [6, 6.07) is 2.09. The first-order chi connectivity index (χ1) is 8.99. The van der Waals surface area contributed by atoms with Gasteiger partial charge in [-0.25, -0.2) is 0 Å². The van der Waals surface area contributed by atoms with Crippen LogP contribution in [0.1, 0.15) is 6.42 Å². The molecule has 1 unspecified atom stereocenters. The monoisotopic (exact) mass is 300 g/mol. The Bertz CT molecular complexity index is 645. The minimum atomic E-state index is -1.16. The smallest absolute Gasteiger partial charge is 0.305 e. The number of fused-ring (bicyclic) bond motifs is 1. The third-order valence-corrected chi connectivity index (χ3v) is 3.21. The molecule has 2 rings (SSSR count). The summed E-state index contributed by atoms with van der Waals surface area (Å²) < 4.78 is 8.04. The predicted octanol–water partition coefficient (Wildman–Crippen LogP) is 1.09. The van der Waals surface area contributed by atoms with Gasteiger partial charge in [0.25, 0.3) is 0 Å². The lowest BCUT2D eigenvalue weighted by molar-refractivity contribution is -0.138. The first-order valence-electron chi connectivity index (χ1n) is 5.18. The number of carboxylic acids is 1. The van der Waals surface area contributed by atoms with Crippen LogP contribution in [0.4, 0.5) is 5.69 Å². The molecule has 100 valence electrons. The third kappa shape index (κ3) is 2.98. The van der Waals surface area contributed by atoms with E-state index >= 15 is 0 Å². The molecule has 9 heteroatoms. The summed E-state index contributed by atoms with van der Waals surface area (Å²) >= 11 is 6.97. The lowest BCUT2D eigenvalue weighted by atomic mass is 10.2. The molecular weight excluding hydrogens is 292 g/mol. The third-order valence-electron chi connectivity index (χ3n) is 2.36. The van der Waals surface area contributed by atoms with Gasteiger partial charge in [0.1, 0.15) is 11.0 Å². The van der Waals surface area contributed by atoms with E-state index in [2.05, 4.69) is 14.1 Å². The number of amides is 1. The molecule has 0 fully saturated rings. The van der Waals surface area contributed by atoms with Gasteiger partial charge in [0.15, 0.2) is 0 Å². The van der Waals surface area contributed by atoms with Crippen molar-refractivity contribution < 1.29 is 14.7 Å². The van der Waals surface area contributed by atoms with Crippen LogP contribution in [0.2, 0.25) is 5.02 Å². The summed E-state index contributed by atoms with van der Waals surface area (Å²) in [6.45, 7) is 0. The number of hydrogen-bond acceptors (Lipinski definition) is 6. The van der Waals surface area contributed by atoms with Gasteiger partial charge >= 0.3 is 5.97 Å². The summed E-state index contributed by atoms with van der Waals surface area (Å²) in [4.78, 5) is 22.3. The molecule has 1 atom stereocenters. The molecule has 19 heavy (non-hydrogen) atoms. The standard InChI is InChI=1S/C10H9ClN4O3S/c11-4-1-2-6-9(15-19-14-6)8(4)13-10(18)5(12)3-7(16)17/h1-2,5H,3,12H2,(H,13,18)(H,16,17). The van der Waals surface area contributed by atoms with Crippen LogP contribution >= 0.6 is 23.3 Å². The number of nitrogens with zero attached hydrogens (tertiary/aromatic N) is 2. The fraction of sp³-hybridized carbons (Fsp3) is 0.200. The first-order valence-corrected chi connectivity index (χ1v) is 6.29. The highest BCUT2D eigenvalue weighted by Gasteiger charge is 2.20. The van der Waals surface area contributed by atoms with Gasteiger partial charge in [-0.05, 0) is 12.1 Å². The number of carboxylic acid groups (broad SMARTS) is 1. The number of nitrogens with two attached hydrogens (primary N) is 1. The fourth-order valence-corrected chi connectivity index (χ4v) is 2.18. The van der Waals surface area contributed by atoms with E-state index in [9.17, 15) is 9.59 Å². The predicted molar refractivity (Wildman–Crippen MR) is 71.3 cm³/mol.